The van der Waals surface area contributed by atoms with E-state index >= 15 is 0 Å². The summed E-state index contributed by atoms with van der Waals surface area (Å²) in [5.74, 6) is 0. The maximum atomic E-state index is 9.80. The van der Waals surface area contributed by atoms with E-state index in [9.17, 15) is 5.11 Å². The smallest absolute Gasteiger partial charge is 0.0938 e. The van der Waals surface area contributed by atoms with Crippen LogP contribution in [0.3, 0.4) is 0 Å². The zero-order valence-corrected chi connectivity index (χ0v) is 8.03. The van der Waals surface area contributed by atoms with Gasteiger partial charge < -0.3 is 10.4 Å². The van der Waals surface area contributed by atoms with E-state index in [2.05, 4.69) is 18.3 Å². The lowest BCUT2D eigenvalue weighted by molar-refractivity contribution is 0.115. The molecule has 1 saturated carbocycles. The normalized spacial score (nSPS) is 39.1. The third kappa shape index (κ3) is 1.69. The number of hydrogen-bond acceptors (Lipinski definition) is 2. The van der Waals surface area contributed by atoms with Crippen LogP contribution in [0.4, 0.5) is 0 Å². The zero-order chi connectivity index (χ0) is 9.31. The van der Waals surface area contributed by atoms with Crippen LogP contribution in [0.2, 0.25) is 0 Å². The van der Waals surface area contributed by atoms with Crippen LogP contribution in [0.25, 0.3) is 0 Å². The van der Waals surface area contributed by atoms with Crippen LogP contribution < -0.4 is 5.32 Å². The van der Waals surface area contributed by atoms with Crippen molar-refractivity contribution < 1.29 is 5.11 Å². The van der Waals surface area contributed by atoms with Crippen molar-refractivity contribution in [1.82, 2.24) is 5.32 Å². The SMILES string of the molecule is CC1(NC2CCC2)C=CC=CC1O. The molecule has 0 amide bonds. The molecule has 2 heteroatoms. The van der Waals surface area contributed by atoms with Crippen LogP contribution in [-0.2, 0) is 0 Å². The van der Waals surface area contributed by atoms with Gasteiger partial charge in [0, 0.05) is 6.04 Å². The van der Waals surface area contributed by atoms with Gasteiger partial charge in [0.1, 0.15) is 0 Å². The Balaban J connectivity index is 2.01. The first kappa shape index (κ1) is 8.97. The van der Waals surface area contributed by atoms with E-state index < -0.39 is 6.10 Å². The van der Waals surface area contributed by atoms with Crippen molar-refractivity contribution in [3.05, 3.63) is 24.3 Å². The molecule has 0 aromatic rings. The molecule has 72 valence electrons. The lowest BCUT2D eigenvalue weighted by Crippen LogP contribution is -2.56. The maximum Gasteiger partial charge on any atom is 0.0938 e. The van der Waals surface area contributed by atoms with Crippen molar-refractivity contribution >= 4 is 0 Å². The Morgan fingerprint density at radius 1 is 1.38 bits per heavy atom. The monoisotopic (exact) mass is 179 g/mol. The number of allylic oxidation sites excluding steroid dienone is 2. The average Bonchev–Trinajstić information content (AvgIpc) is 2.04. The summed E-state index contributed by atoms with van der Waals surface area (Å²) >= 11 is 0. The molecule has 2 N–H and O–H groups in total. The molecule has 0 bridgehead atoms. The molecule has 2 aliphatic rings. The van der Waals surface area contributed by atoms with Gasteiger partial charge in [0.05, 0.1) is 11.6 Å². The van der Waals surface area contributed by atoms with Gasteiger partial charge in [-0.25, -0.2) is 0 Å². The summed E-state index contributed by atoms with van der Waals surface area (Å²) in [5, 5.41) is 13.3. The topological polar surface area (TPSA) is 32.3 Å². The van der Waals surface area contributed by atoms with Crippen LogP contribution in [0.15, 0.2) is 24.3 Å². The summed E-state index contributed by atoms with van der Waals surface area (Å²) in [6, 6.07) is 0.607. The zero-order valence-electron chi connectivity index (χ0n) is 8.03. The Kier molecular flexibility index (Phi) is 2.26. The second-order valence-electron chi connectivity index (χ2n) is 4.24. The van der Waals surface area contributed by atoms with Crippen LogP contribution in [0.1, 0.15) is 26.2 Å². The summed E-state index contributed by atoms with van der Waals surface area (Å²) in [6.45, 7) is 2.05. The fourth-order valence-electron chi connectivity index (χ4n) is 1.85. The molecular formula is C11H17NO. The molecule has 0 aliphatic heterocycles. The second kappa shape index (κ2) is 3.28. The van der Waals surface area contributed by atoms with Crippen LogP contribution in [0, 0.1) is 0 Å². The fraction of sp³-hybridized carbons (Fsp3) is 0.636. The third-order valence-electron chi connectivity index (χ3n) is 3.08. The molecule has 0 saturated heterocycles. The minimum absolute atomic E-state index is 0.250. The first-order valence-electron chi connectivity index (χ1n) is 5.02. The maximum absolute atomic E-state index is 9.80. The number of aliphatic hydroxyl groups excluding tert-OH is 1. The summed E-state index contributed by atoms with van der Waals surface area (Å²) in [5.41, 5.74) is -0.250. The number of nitrogens with one attached hydrogen (secondary N) is 1. The highest BCUT2D eigenvalue weighted by Crippen LogP contribution is 2.25. The molecule has 0 heterocycles. The van der Waals surface area contributed by atoms with E-state index in [-0.39, 0.29) is 5.54 Å². The van der Waals surface area contributed by atoms with Gasteiger partial charge in [0.2, 0.25) is 0 Å². The largest absolute Gasteiger partial charge is 0.387 e. The molecule has 1 fully saturated rings. The lowest BCUT2D eigenvalue weighted by atomic mass is 9.85. The van der Waals surface area contributed by atoms with E-state index in [1.54, 1.807) is 0 Å². The molecule has 2 atom stereocenters. The van der Waals surface area contributed by atoms with Gasteiger partial charge in [-0.3, -0.25) is 0 Å². The van der Waals surface area contributed by atoms with Gasteiger partial charge >= 0.3 is 0 Å². The van der Waals surface area contributed by atoms with Crippen molar-refractivity contribution in [2.45, 2.75) is 43.9 Å². The average molecular weight is 179 g/mol. The molecule has 0 spiro atoms. The Morgan fingerprint density at radius 3 is 2.69 bits per heavy atom. The van der Waals surface area contributed by atoms with E-state index in [1.807, 2.05) is 18.2 Å². The molecule has 2 nitrogen and oxygen atoms in total. The lowest BCUT2D eigenvalue weighted by Gasteiger charge is -2.40. The van der Waals surface area contributed by atoms with Gasteiger partial charge in [0.25, 0.3) is 0 Å². The van der Waals surface area contributed by atoms with Crippen LogP contribution in [0.5, 0.6) is 0 Å². The van der Waals surface area contributed by atoms with Crippen molar-refractivity contribution in [2.24, 2.45) is 0 Å². The van der Waals surface area contributed by atoms with E-state index in [1.165, 1.54) is 19.3 Å². The number of rotatable bonds is 2. The summed E-state index contributed by atoms with van der Waals surface area (Å²) < 4.78 is 0. The van der Waals surface area contributed by atoms with Crippen LogP contribution in [-0.4, -0.2) is 22.8 Å². The molecule has 2 rings (SSSR count). The predicted molar refractivity (Wildman–Crippen MR) is 53.5 cm³/mol. The number of hydrogen-bond donors (Lipinski definition) is 2. The molecule has 0 aromatic heterocycles. The standard InChI is InChI=1S/C11H17NO/c1-11(12-9-5-4-6-9)8-3-2-7-10(11)13/h2-3,7-10,12-13H,4-6H2,1H3. The summed E-state index contributed by atoms with van der Waals surface area (Å²) in [4.78, 5) is 0. The molecule has 2 unspecified atom stereocenters. The minimum atomic E-state index is -0.391. The van der Waals surface area contributed by atoms with E-state index in [4.69, 9.17) is 0 Å². The first-order chi connectivity index (χ1) is 6.21. The van der Waals surface area contributed by atoms with E-state index in [0.717, 1.165) is 0 Å². The molecular weight excluding hydrogens is 162 g/mol. The first-order valence-corrected chi connectivity index (χ1v) is 5.02. The van der Waals surface area contributed by atoms with Crippen LogP contribution >= 0.6 is 0 Å². The minimum Gasteiger partial charge on any atom is -0.387 e. The molecule has 0 radical (unpaired) electrons. The molecule has 13 heavy (non-hydrogen) atoms. The summed E-state index contributed by atoms with van der Waals surface area (Å²) in [7, 11) is 0. The van der Waals surface area contributed by atoms with E-state index in [0.29, 0.717) is 6.04 Å². The fourth-order valence-corrected chi connectivity index (χ4v) is 1.85. The molecule has 0 aromatic carbocycles. The second-order valence-corrected chi connectivity index (χ2v) is 4.24. The number of aliphatic hydroxyl groups is 1. The molecule has 2 aliphatic carbocycles. The van der Waals surface area contributed by atoms with Gasteiger partial charge in [-0.2, -0.15) is 0 Å². The highest BCUT2D eigenvalue weighted by Gasteiger charge is 2.33. The summed E-state index contributed by atoms with van der Waals surface area (Å²) in [6.07, 6.45) is 11.2. The van der Waals surface area contributed by atoms with Crippen molar-refractivity contribution in [3.63, 3.8) is 0 Å². The van der Waals surface area contributed by atoms with Crippen molar-refractivity contribution in [1.29, 1.82) is 0 Å². The van der Waals surface area contributed by atoms with Crippen molar-refractivity contribution in [2.75, 3.05) is 0 Å². The highest BCUT2D eigenvalue weighted by atomic mass is 16.3. The van der Waals surface area contributed by atoms with Gasteiger partial charge in [-0.15, -0.1) is 0 Å². The Morgan fingerprint density at radius 2 is 2.15 bits per heavy atom. The predicted octanol–water partition coefficient (Wildman–Crippen LogP) is 1.37. The Hall–Kier alpha value is -0.600. The van der Waals surface area contributed by atoms with Gasteiger partial charge in [0.15, 0.2) is 0 Å². The Labute approximate surface area is 79.3 Å². The van der Waals surface area contributed by atoms with Gasteiger partial charge in [-0.05, 0) is 19.8 Å². The highest BCUT2D eigenvalue weighted by molar-refractivity contribution is 5.24. The quantitative estimate of drug-likeness (QED) is 0.671. The van der Waals surface area contributed by atoms with Crippen molar-refractivity contribution in [3.8, 4) is 0 Å². The van der Waals surface area contributed by atoms with Gasteiger partial charge in [-0.1, -0.05) is 30.7 Å². The Bertz CT molecular complexity index is 242. The third-order valence-corrected chi connectivity index (χ3v) is 3.08.